The van der Waals surface area contributed by atoms with E-state index in [1.165, 1.54) is 0 Å². The number of anilines is 1. The number of carbonyl (C=O) groups is 1. The monoisotopic (exact) mass is 410 g/mol. The predicted molar refractivity (Wildman–Crippen MR) is 123 cm³/mol. The van der Waals surface area contributed by atoms with Crippen LogP contribution in [0.1, 0.15) is 28.9 Å². The molecule has 0 unspecified atom stereocenters. The minimum Gasteiger partial charge on any atom is -0.382 e. The summed E-state index contributed by atoms with van der Waals surface area (Å²) in [5.74, 6) is 0.00120. The van der Waals surface area contributed by atoms with Gasteiger partial charge in [-0.3, -0.25) is 9.78 Å². The second-order valence-corrected chi connectivity index (χ2v) is 7.65. The zero-order valence-electron chi connectivity index (χ0n) is 17.0. The molecule has 2 aromatic carbocycles. The van der Waals surface area contributed by atoms with E-state index in [-0.39, 0.29) is 0 Å². The number of unbranched alkanes of at least 4 members (excludes halogenated alkanes) is 1. The summed E-state index contributed by atoms with van der Waals surface area (Å²) in [7, 11) is 0. The molecule has 0 saturated carbocycles. The van der Waals surface area contributed by atoms with E-state index in [1.54, 1.807) is 6.07 Å². The van der Waals surface area contributed by atoms with Gasteiger partial charge >= 0.3 is 0 Å². The number of aromatic nitrogens is 4. The number of rotatable bonds is 6. The van der Waals surface area contributed by atoms with Crippen LogP contribution in [0, 0.1) is 0 Å². The molecule has 7 heteroatoms. The highest BCUT2D eigenvalue weighted by Gasteiger charge is 2.12. The summed E-state index contributed by atoms with van der Waals surface area (Å²) in [6.45, 7) is 0.823. The van der Waals surface area contributed by atoms with Crippen molar-refractivity contribution in [1.82, 2.24) is 19.5 Å². The maximum absolute atomic E-state index is 11.7. The Morgan fingerprint density at radius 2 is 1.81 bits per heavy atom. The third kappa shape index (κ3) is 3.44. The quantitative estimate of drug-likeness (QED) is 0.413. The van der Waals surface area contributed by atoms with Crippen molar-refractivity contribution in [3.8, 4) is 0 Å². The molecule has 5 rings (SSSR count). The molecule has 0 bridgehead atoms. The Morgan fingerprint density at radius 3 is 2.68 bits per heavy atom. The lowest BCUT2D eigenvalue weighted by atomic mass is 10.1. The van der Waals surface area contributed by atoms with Crippen molar-refractivity contribution in [2.75, 3.05) is 5.73 Å². The number of nitrogens with two attached hydrogens (primary N) is 2. The summed E-state index contributed by atoms with van der Waals surface area (Å²) >= 11 is 0. The van der Waals surface area contributed by atoms with Gasteiger partial charge in [-0.15, -0.1) is 0 Å². The fourth-order valence-corrected chi connectivity index (χ4v) is 4.09. The van der Waals surface area contributed by atoms with Crippen LogP contribution in [0.5, 0.6) is 0 Å². The van der Waals surface area contributed by atoms with E-state index in [0.29, 0.717) is 16.9 Å². The first kappa shape index (κ1) is 19.0. The number of aryl methyl sites for hydroxylation is 2. The standard InChI is InChI=1S/C24H22N6O/c25-23-21-22(17-8-1-2-10-19(17)29-23)30(14-27-21)13-4-3-7-16-12-11-15-6-5-9-18(24(26)31)20(15)28-16/h1-2,5-6,8-12,14H,3-4,7,13H2,(H2,25,29)(H2,26,31). The molecule has 0 atom stereocenters. The molecule has 0 aliphatic rings. The van der Waals surface area contributed by atoms with E-state index in [1.807, 2.05) is 48.8 Å². The van der Waals surface area contributed by atoms with Gasteiger partial charge in [0, 0.05) is 23.0 Å². The number of benzene rings is 2. The minimum absolute atomic E-state index is 0.455. The smallest absolute Gasteiger partial charge is 0.250 e. The van der Waals surface area contributed by atoms with Gasteiger partial charge < -0.3 is 16.0 Å². The van der Waals surface area contributed by atoms with Crippen LogP contribution in [0.15, 0.2) is 60.9 Å². The normalized spacial score (nSPS) is 11.5. The van der Waals surface area contributed by atoms with Gasteiger partial charge in [0.05, 0.1) is 28.4 Å². The number of nitrogen functional groups attached to an aromatic ring is 1. The Hall–Kier alpha value is -4.00. The molecule has 0 aliphatic carbocycles. The summed E-state index contributed by atoms with van der Waals surface area (Å²) in [5.41, 5.74) is 16.3. The highest BCUT2D eigenvalue weighted by atomic mass is 16.1. The lowest BCUT2D eigenvalue weighted by Crippen LogP contribution is -2.12. The van der Waals surface area contributed by atoms with Gasteiger partial charge in [-0.25, -0.2) is 9.97 Å². The number of nitrogens with zero attached hydrogens (tertiary/aromatic N) is 4. The van der Waals surface area contributed by atoms with Crippen molar-refractivity contribution in [3.63, 3.8) is 0 Å². The number of amides is 1. The third-order valence-electron chi connectivity index (χ3n) is 5.61. The number of fused-ring (bicyclic) bond motifs is 4. The summed E-state index contributed by atoms with van der Waals surface area (Å²) in [4.78, 5) is 25.3. The van der Waals surface area contributed by atoms with Crippen LogP contribution >= 0.6 is 0 Å². The van der Waals surface area contributed by atoms with Gasteiger partial charge in [0.1, 0.15) is 5.52 Å². The predicted octanol–water partition coefficient (Wildman–Crippen LogP) is 3.84. The van der Waals surface area contributed by atoms with Crippen LogP contribution < -0.4 is 11.5 Å². The van der Waals surface area contributed by atoms with E-state index in [9.17, 15) is 4.79 Å². The SMILES string of the molecule is NC(=O)c1cccc2ccc(CCCCn3cnc4c(N)nc5ccccc5c43)nc12. The first-order chi connectivity index (χ1) is 15.1. The third-order valence-corrected chi connectivity index (χ3v) is 5.61. The van der Waals surface area contributed by atoms with E-state index in [0.717, 1.165) is 58.8 Å². The van der Waals surface area contributed by atoms with Gasteiger partial charge in [-0.2, -0.15) is 0 Å². The fourth-order valence-electron chi connectivity index (χ4n) is 4.09. The summed E-state index contributed by atoms with van der Waals surface area (Å²) in [6.07, 6.45) is 4.57. The summed E-state index contributed by atoms with van der Waals surface area (Å²) < 4.78 is 2.15. The van der Waals surface area contributed by atoms with Gasteiger partial charge in [-0.05, 0) is 37.5 Å². The molecule has 0 spiro atoms. The number of primary amides is 1. The average molecular weight is 410 g/mol. The topological polar surface area (TPSA) is 113 Å². The number of hydrogen-bond donors (Lipinski definition) is 2. The Kier molecular flexibility index (Phi) is 4.71. The highest BCUT2D eigenvalue weighted by Crippen LogP contribution is 2.27. The maximum Gasteiger partial charge on any atom is 0.250 e. The Bertz CT molecular complexity index is 1440. The number of hydrogen-bond acceptors (Lipinski definition) is 5. The van der Waals surface area contributed by atoms with Gasteiger partial charge in [-0.1, -0.05) is 36.4 Å². The van der Waals surface area contributed by atoms with Crippen molar-refractivity contribution in [2.24, 2.45) is 5.73 Å². The fraction of sp³-hybridized carbons (Fsp3) is 0.167. The summed E-state index contributed by atoms with van der Waals surface area (Å²) in [6, 6.07) is 17.5. The van der Waals surface area contributed by atoms with Crippen molar-refractivity contribution >= 4 is 44.6 Å². The molecule has 0 fully saturated rings. The van der Waals surface area contributed by atoms with Crippen LogP contribution in [0.2, 0.25) is 0 Å². The molecule has 5 aromatic rings. The molecule has 3 heterocycles. The first-order valence-electron chi connectivity index (χ1n) is 10.3. The number of imidazole rings is 1. The van der Waals surface area contributed by atoms with Crippen LogP contribution in [-0.2, 0) is 13.0 Å². The number of pyridine rings is 2. The van der Waals surface area contributed by atoms with Crippen LogP contribution in [0.3, 0.4) is 0 Å². The lowest BCUT2D eigenvalue weighted by molar-refractivity contribution is 0.100. The van der Waals surface area contributed by atoms with Gasteiger partial charge in [0.25, 0.3) is 5.91 Å². The zero-order valence-corrected chi connectivity index (χ0v) is 17.0. The van der Waals surface area contributed by atoms with Gasteiger partial charge in [0.2, 0.25) is 0 Å². The van der Waals surface area contributed by atoms with Gasteiger partial charge in [0.15, 0.2) is 5.82 Å². The Balaban J connectivity index is 1.34. The van der Waals surface area contributed by atoms with E-state index >= 15 is 0 Å². The average Bonchev–Trinajstić information content (AvgIpc) is 3.21. The molecule has 7 nitrogen and oxygen atoms in total. The second kappa shape index (κ2) is 7.68. The zero-order chi connectivity index (χ0) is 21.4. The maximum atomic E-state index is 11.7. The molecule has 0 aliphatic heterocycles. The Morgan fingerprint density at radius 1 is 0.935 bits per heavy atom. The molecule has 0 saturated heterocycles. The number of carbonyl (C=O) groups excluding carboxylic acids is 1. The van der Waals surface area contributed by atoms with E-state index in [4.69, 9.17) is 11.5 Å². The van der Waals surface area contributed by atoms with Crippen LogP contribution in [0.4, 0.5) is 5.82 Å². The van der Waals surface area contributed by atoms with Crippen molar-refractivity contribution < 1.29 is 4.79 Å². The molecule has 0 radical (unpaired) electrons. The molecule has 154 valence electrons. The van der Waals surface area contributed by atoms with Crippen molar-refractivity contribution in [1.29, 1.82) is 0 Å². The van der Waals surface area contributed by atoms with Crippen LogP contribution in [-0.4, -0.2) is 25.4 Å². The first-order valence-corrected chi connectivity index (χ1v) is 10.3. The Labute approximate surface area is 178 Å². The highest BCUT2D eigenvalue weighted by molar-refractivity contribution is 6.06. The van der Waals surface area contributed by atoms with Crippen LogP contribution in [0.25, 0.3) is 32.8 Å². The van der Waals surface area contributed by atoms with E-state index < -0.39 is 5.91 Å². The van der Waals surface area contributed by atoms with Crippen molar-refractivity contribution in [3.05, 3.63) is 72.2 Å². The molecular formula is C24H22N6O. The minimum atomic E-state index is -0.455. The number of para-hydroxylation sites is 2. The molecule has 31 heavy (non-hydrogen) atoms. The molecule has 3 aromatic heterocycles. The molecule has 1 amide bonds. The largest absolute Gasteiger partial charge is 0.382 e. The molecular weight excluding hydrogens is 388 g/mol. The summed E-state index contributed by atoms with van der Waals surface area (Å²) in [5, 5.41) is 1.97. The van der Waals surface area contributed by atoms with Crippen molar-refractivity contribution in [2.45, 2.75) is 25.8 Å². The van der Waals surface area contributed by atoms with E-state index in [2.05, 4.69) is 25.6 Å². The second-order valence-electron chi connectivity index (χ2n) is 7.65. The molecule has 4 N–H and O–H groups in total. The lowest BCUT2D eigenvalue weighted by Gasteiger charge is -2.08.